The molecule has 1 aliphatic carbocycles. The molecule has 1 aliphatic rings. The van der Waals surface area contributed by atoms with Crippen LogP contribution < -0.4 is 19.5 Å². The lowest BCUT2D eigenvalue weighted by Crippen LogP contribution is -2.15. The Labute approximate surface area is 192 Å². The van der Waals surface area contributed by atoms with Crippen molar-refractivity contribution < 1.29 is 28.5 Å². The van der Waals surface area contributed by atoms with E-state index in [-0.39, 0.29) is 18.5 Å². The molecule has 172 valence electrons. The Morgan fingerprint density at radius 3 is 2.44 bits per heavy atom. The summed E-state index contributed by atoms with van der Waals surface area (Å²) in [4.78, 5) is 26.5. The number of amides is 1. The summed E-state index contributed by atoms with van der Waals surface area (Å²) in [6.07, 6.45) is 5.81. The number of ether oxygens (including phenoxy) is 4. The number of carbonyl (C=O) groups excluding carboxylic acids is 2. The average molecular weight is 460 g/mol. The highest BCUT2D eigenvalue weighted by molar-refractivity contribution is 7.17. The van der Waals surface area contributed by atoms with Crippen LogP contribution in [0.1, 0.15) is 46.6 Å². The third-order valence-electron chi connectivity index (χ3n) is 5.34. The van der Waals surface area contributed by atoms with E-state index in [0.717, 1.165) is 29.7 Å². The molecule has 8 heteroatoms. The molecule has 1 N–H and O–H groups in total. The van der Waals surface area contributed by atoms with Gasteiger partial charge in [0, 0.05) is 11.0 Å². The quantitative estimate of drug-likeness (QED) is 0.454. The molecule has 1 unspecified atom stereocenters. The van der Waals surface area contributed by atoms with Crippen LogP contribution in [-0.2, 0) is 22.4 Å². The fraction of sp³-hybridized carbons (Fsp3) is 0.417. The molecular weight excluding hydrogens is 430 g/mol. The van der Waals surface area contributed by atoms with Crippen LogP contribution in [0.5, 0.6) is 17.2 Å². The topological polar surface area (TPSA) is 83.1 Å². The number of benzene rings is 1. The lowest BCUT2D eigenvalue weighted by atomic mass is 9.88. The fourth-order valence-corrected chi connectivity index (χ4v) is 5.18. The van der Waals surface area contributed by atoms with Crippen LogP contribution in [-0.4, -0.2) is 39.8 Å². The van der Waals surface area contributed by atoms with Crippen molar-refractivity contribution in [2.75, 3.05) is 33.3 Å². The normalized spacial score (nSPS) is 15.2. The van der Waals surface area contributed by atoms with Crippen LogP contribution in [0.2, 0.25) is 0 Å². The summed E-state index contributed by atoms with van der Waals surface area (Å²) in [6.45, 7) is 4.26. The smallest absolute Gasteiger partial charge is 0.341 e. The second kappa shape index (κ2) is 10.5. The first-order valence-corrected chi connectivity index (χ1v) is 11.3. The van der Waals surface area contributed by atoms with E-state index in [0.29, 0.717) is 39.3 Å². The van der Waals surface area contributed by atoms with Crippen molar-refractivity contribution in [2.24, 2.45) is 5.92 Å². The minimum atomic E-state index is -0.386. The van der Waals surface area contributed by atoms with Crippen molar-refractivity contribution >= 4 is 34.3 Å². The lowest BCUT2D eigenvalue weighted by molar-refractivity contribution is -0.111. The fourth-order valence-electron chi connectivity index (χ4n) is 3.78. The molecule has 0 bridgehead atoms. The number of anilines is 1. The predicted molar refractivity (Wildman–Crippen MR) is 125 cm³/mol. The average Bonchev–Trinajstić information content (AvgIpc) is 3.13. The van der Waals surface area contributed by atoms with E-state index in [1.54, 1.807) is 25.1 Å². The maximum absolute atomic E-state index is 12.7. The van der Waals surface area contributed by atoms with Gasteiger partial charge in [0.1, 0.15) is 5.00 Å². The van der Waals surface area contributed by atoms with E-state index in [1.165, 1.54) is 38.7 Å². The molecule has 1 atom stereocenters. The van der Waals surface area contributed by atoms with Gasteiger partial charge in [0.2, 0.25) is 11.7 Å². The first kappa shape index (κ1) is 23.7. The van der Waals surface area contributed by atoms with Gasteiger partial charge in [-0.1, -0.05) is 6.92 Å². The number of hydrogen-bond donors (Lipinski definition) is 1. The van der Waals surface area contributed by atoms with E-state index in [9.17, 15) is 9.59 Å². The minimum absolute atomic E-state index is 0.286. The third-order valence-corrected chi connectivity index (χ3v) is 6.51. The molecule has 7 nitrogen and oxygen atoms in total. The van der Waals surface area contributed by atoms with Gasteiger partial charge in [-0.3, -0.25) is 4.79 Å². The summed E-state index contributed by atoms with van der Waals surface area (Å²) in [5.41, 5.74) is 2.21. The van der Waals surface area contributed by atoms with Gasteiger partial charge in [0.25, 0.3) is 0 Å². The van der Waals surface area contributed by atoms with Crippen molar-refractivity contribution in [1.29, 1.82) is 0 Å². The molecule has 0 aliphatic heterocycles. The van der Waals surface area contributed by atoms with Gasteiger partial charge < -0.3 is 24.3 Å². The third kappa shape index (κ3) is 5.07. The van der Waals surface area contributed by atoms with Crippen molar-refractivity contribution in [3.05, 3.63) is 39.8 Å². The number of rotatable bonds is 8. The summed E-state index contributed by atoms with van der Waals surface area (Å²) in [5, 5.41) is 3.42. The summed E-state index contributed by atoms with van der Waals surface area (Å²) in [6, 6.07) is 3.50. The zero-order chi connectivity index (χ0) is 23.3. The van der Waals surface area contributed by atoms with Gasteiger partial charge in [0.15, 0.2) is 11.5 Å². The Morgan fingerprint density at radius 1 is 1.16 bits per heavy atom. The Balaban J connectivity index is 1.85. The van der Waals surface area contributed by atoms with E-state index in [4.69, 9.17) is 18.9 Å². The van der Waals surface area contributed by atoms with E-state index < -0.39 is 0 Å². The van der Waals surface area contributed by atoms with Crippen LogP contribution in [0.25, 0.3) is 6.08 Å². The number of esters is 1. The number of thiophene rings is 1. The SMILES string of the molecule is CCOC(=O)c1c(NC(=O)/C=C/c2cc(OC)c(OC)c(OC)c2)sc2c1CCC(C)C2. The van der Waals surface area contributed by atoms with Gasteiger partial charge in [-0.25, -0.2) is 4.79 Å². The Morgan fingerprint density at radius 2 is 1.84 bits per heavy atom. The molecular formula is C24H29NO6S. The summed E-state index contributed by atoms with van der Waals surface area (Å²) >= 11 is 1.46. The molecule has 0 saturated carbocycles. The maximum Gasteiger partial charge on any atom is 0.341 e. The Bertz CT molecular complexity index is 1000. The number of fused-ring (bicyclic) bond motifs is 1. The zero-order valence-corrected chi connectivity index (χ0v) is 19.9. The van der Waals surface area contributed by atoms with Gasteiger partial charge in [-0.05, 0) is 61.4 Å². The van der Waals surface area contributed by atoms with Crippen LogP contribution >= 0.6 is 11.3 Å². The largest absolute Gasteiger partial charge is 0.493 e. The molecule has 0 fully saturated rings. The highest BCUT2D eigenvalue weighted by Crippen LogP contribution is 2.40. The highest BCUT2D eigenvalue weighted by Gasteiger charge is 2.28. The molecule has 1 heterocycles. The monoisotopic (exact) mass is 459 g/mol. The zero-order valence-electron chi connectivity index (χ0n) is 19.1. The van der Waals surface area contributed by atoms with Crippen LogP contribution in [0.4, 0.5) is 5.00 Å². The molecule has 3 rings (SSSR count). The van der Waals surface area contributed by atoms with Crippen molar-refractivity contribution in [3.63, 3.8) is 0 Å². The van der Waals surface area contributed by atoms with Crippen LogP contribution in [0.15, 0.2) is 18.2 Å². The number of methoxy groups -OCH3 is 3. The van der Waals surface area contributed by atoms with E-state index >= 15 is 0 Å². The van der Waals surface area contributed by atoms with Crippen molar-refractivity contribution in [3.8, 4) is 17.2 Å². The van der Waals surface area contributed by atoms with E-state index in [2.05, 4.69) is 12.2 Å². The molecule has 0 saturated heterocycles. The number of hydrogen-bond acceptors (Lipinski definition) is 7. The molecule has 0 spiro atoms. The number of carbonyl (C=O) groups is 2. The summed E-state index contributed by atoms with van der Waals surface area (Å²) in [7, 11) is 4.60. The van der Waals surface area contributed by atoms with Gasteiger partial charge >= 0.3 is 5.97 Å². The highest BCUT2D eigenvalue weighted by atomic mass is 32.1. The van der Waals surface area contributed by atoms with Gasteiger partial charge in [-0.2, -0.15) is 0 Å². The summed E-state index contributed by atoms with van der Waals surface area (Å²) in [5.74, 6) is 1.31. The molecule has 0 radical (unpaired) electrons. The van der Waals surface area contributed by atoms with Crippen molar-refractivity contribution in [2.45, 2.75) is 33.1 Å². The summed E-state index contributed by atoms with van der Waals surface area (Å²) < 4.78 is 21.3. The van der Waals surface area contributed by atoms with Crippen LogP contribution in [0.3, 0.4) is 0 Å². The van der Waals surface area contributed by atoms with E-state index in [1.807, 2.05) is 0 Å². The second-order valence-electron chi connectivity index (χ2n) is 7.56. The van der Waals surface area contributed by atoms with Gasteiger partial charge in [-0.15, -0.1) is 11.3 Å². The molecule has 1 amide bonds. The standard InChI is InChI=1S/C24H29NO6S/c1-6-31-24(27)21-16-9-7-14(2)11-19(16)32-23(21)25-20(26)10-8-15-12-17(28-3)22(30-5)18(13-15)29-4/h8,10,12-14H,6-7,9,11H2,1-5H3,(H,25,26)/b10-8+. The predicted octanol–water partition coefficient (Wildman–Crippen LogP) is 4.73. The molecule has 1 aromatic carbocycles. The first-order valence-electron chi connectivity index (χ1n) is 10.5. The Kier molecular flexibility index (Phi) is 7.80. The van der Waals surface area contributed by atoms with Crippen molar-refractivity contribution in [1.82, 2.24) is 0 Å². The minimum Gasteiger partial charge on any atom is -0.493 e. The van der Waals surface area contributed by atoms with Crippen LogP contribution in [0, 0.1) is 5.92 Å². The first-order chi connectivity index (χ1) is 15.4. The lowest BCUT2D eigenvalue weighted by Gasteiger charge is -2.18. The number of nitrogens with one attached hydrogen (secondary N) is 1. The molecule has 1 aromatic heterocycles. The van der Waals surface area contributed by atoms with Gasteiger partial charge in [0.05, 0.1) is 33.5 Å². The maximum atomic E-state index is 12.7. The second-order valence-corrected chi connectivity index (χ2v) is 8.66. The molecule has 2 aromatic rings. The Hall–Kier alpha value is -3.00. The molecule has 32 heavy (non-hydrogen) atoms.